The summed E-state index contributed by atoms with van der Waals surface area (Å²) in [4.78, 5) is 52.9. The highest BCUT2D eigenvalue weighted by atomic mass is 16.1. The van der Waals surface area contributed by atoms with Gasteiger partial charge in [0.2, 0.25) is 0 Å². The SMILES string of the molecule is O=CC1=CC2CC=C(c3ccccc3-c3ccccc3C3C=CC4=C(C3)C(=O)c3ccccc3C3C(=O)C43)C=C2C(=O)c2ccccc21. The third-order valence-corrected chi connectivity index (χ3v) is 10.7. The predicted molar refractivity (Wildman–Crippen MR) is 186 cm³/mol. The van der Waals surface area contributed by atoms with E-state index in [0.29, 0.717) is 40.7 Å². The molecule has 0 amide bonds. The second-order valence-corrected chi connectivity index (χ2v) is 13.2. The van der Waals surface area contributed by atoms with E-state index >= 15 is 0 Å². The molecular weight excluding hydrogens is 592 g/mol. The van der Waals surface area contributed by atoms with Gasteiger partial charge in [-0.05, 0) is 63.4 Å². The van der Waals surface area contributed by atoms with Gasteiger partial charge < -0.3 is 0 Å². The molecule has 0 bridgehead atoms. The van der Waals surface area contributed by atoms with Gasteiger partial charge in [0.25, 0.3) is 0 Å². The topological polar surface area (TPSA) is 68.3 Å². The van der Waals surface area contributed by atoms with Crippen molar-refractivity contribution in [3.05, 3.63) is 178 Å². The normalized spacial score (nSPS) is 23.7. The molecule has 48 heavy (non-hydrogen) atoms. The van der Waals surface area contributed by atoms with Gasteiger partial charge in [0.15, 0.2) is 11.6 Å². The third-order valence-electron chi connectivity index (χ3n) is 10.7. The van der Waals surface area contributed by atoms with Crippen LogP contribution >= 0.6 is 0 Å². The second-order valence-electron chi connectivity index (χ2n) is 13.2. The fourth-order valence-electron chi connectivity index (χ4n) is 8.32. The van der Waals surface area contributed by atoms with Crippen LogP contribution in [0.3, 0.4) is 0 Å². The predicted octanol–water partition coefficient (Wildman–Crippen LogP) is 8.68. The van der Waals surface area contributed by atoms with E-state index in [4.69, 9.17) is 0 Å². The first-order valence-electron chi connectivity index (χ1n) is 16.5. The van der Waals surface area contributed by atoms with Crippen molar-refractivity contribution in [3.8, 4) is 11.1 Å². The van der Waals surface area contributed by atoms with Crippen LogP contribution in [-0.4, -0.2) is 23.6 Å². The van der Waals surface area contributed by atoms with Crippen LogP contribution in [-0.2, 0) is 9.59 Å². The summed E-state index contributed by atoms with van der Waals surface area (Å²) in [6.45, 7) is 0. The molecule has 5 aliphatic rings. The number of carbonyl (C=O) groups excluding carboxylic acids is 4. The summed E-state index contributed by atoms with van der Waals surface area (Å²) in [6.07, 6.45) is 12.3. The minimum Gasteiger partial charge on any atom is -0.298 e. The molecule has 9 rings (SSSR count). The van der Waals surface area contributed by atoms with Gasteiger partial charge >= 0.3 is 0 Å². The first-order chi connectivity index (χ1) is 23.5. The van der Waals surface area contributed by atoms with Gasteiger partial charge in [0, 0.05) is 39.7 Å². The van der Waals surface area contributed by atoms with Gasteiger partial charge in [-0.1, -0.05) is 121 Å². The quantitative estimate of drug-likeness (QED) is 0.214. The lowest BCUT2D eigenvalue weighted by Gasteiger charge is -2.25. The number of carbonyl (C=O) groups is 4. The third kappa shape index (κ3) is 4.29. The summed E-state index contributed by atoms with van der Waals surface area (Å²) in [5.41, 5.74) is 10.8. The molecule has 4 unspecified atom stereocenters. The number of fused-ring (bicyclic) bond motifs is 6. The number of aldehydes is 1. The van der Waals surface area contributed by atoms with Gasteiger partial charge in [-0.15, -0.1) is 0 Å². The number of hydrogen-bond donors (Lipinski definition) is 0. The molecule has 0 radical (unpaired) electrons. The smallest absolute Gasteiger partial charge is 0.190 e. The van der Waals surface area contributed by atoms with E-state index in [1.165, 1.54) is 0 Å². The zero-order valence-corrected chi connectivity index (χ0v) is 26.1. The zero-order valence-electron chi connectivity index (χ0n) is 26.1. The molecule has 4 aromatic carbocycles. The Morgan fingerprint density at radius 2 is 1.25 bits per heavy atom. The molecule has 0 aliphatic heterocycles. The fraction of sp³-hybridized carbons (Fsp3) is 0.136. The van der Waals surface area contributed by atoms with Crippen LogP contribution in [0.15, 0.2) is 144 Å². The van der Waals surface area contributed by atoms with Crippen LogP contribution in [0, 0.1) is 11.8 Å². The van der Waals surface area contributed by atoms with E-state index in [0.717, 1.165) is 50.8 Å². The maximum Gasteiger partial charge on any atom is 0.190 e. The van der Waals surface area contributed by atoms with Gasteiger partial charge in [-0.25, -0.2) is 0 Å². The summed E-state index contributed by atoms with van der Waals surface area (Å²) in [5, 5.41) is 0. The van der Waals surface area contributed by atoms with Crippen molar-refractivity contribution in [2.75, 3.05) is 0 Å². The zero-order chi connectivity index (χ0) is 32.5. The van der Waals surface area contributed by atoms with E-state index in [-0.39, 0.29) is 41.0 Å². The number of Topliss-reactive ketones (excluding diaryl/α,β-unsaturated/α-hetero) is 3. The van der Waals surface area contributed by atoms with E-state index in [1.54, 1.807) is 6.07 Å². The Kier molecular flexibility index (Phi) is 6.48. The highest BCUT2D eigenvalue weighted by Crippen LogP contribution is 2.55. The fourth-order valence-corrected chi connectivity index (χ4v) is 8.32. The van der Waals surface area contributed by atoms with Gasteiger partial charge in [0.1, 0.15) is 12.1 Å². The monoisotopic (exact) mass is 622 g/mol. The van der Waals surface area contributed by atoms with Crippen LogP contribution in [0.4, 0.5) is 0 Å². The minimum absolute atomic E-state index is 0.0304. The number of hydrogen-bond acceptors (Lipinski definition) is 4. The molecule has 1 fully saturated rings. The van der Waals surface area contributed by atoms with Crippen LogP contribution < -0.4 is 0 Å². The summed E-state index contributed by atoms with van der Waals surface area (Å²) < 4.78 is 0. The maximum absolute atomic E-state index is 14.0. The molecular formula is C44H30O4. The van der Waals surface area contributed by atoms with Gasteiger partial charge in [-0.2, -0.15) is 0 Å². The summed E-state index contributed by atoms with van der Waals surface area (Å²) in [5.74, 6) is -0.493. The molecule has 5 aliphatic carbocycles. The first kappa shape index (κ1) is 28.5. The van der Waals surface area contributed by atoms with Gasteiger partial charge in [0.05, 0.1) is 11.8 Å². The molecule has 4 nitrogen and oxygen atoms in total. The highest BCUT2D eigenvalue weighted by molar-refractivity contribution is 6.20. The van der Waals surface area contributed by atoms with E-state index < -0.39 is 0 Å². The van der Waals surface area contributed by atoms with Crippen LogP contribution in [0.5, 0.6) is 0 Å². The molecule has 4 atom stereocenters. The van der Waals surface area contributed by atoms with Crippen LogP contribution in [0.1, 0.15) is 67.6 Å². The molecule has 1 saturated carbocycles. The molecule has 4 heteroatoms. The van der Waals surface area contributed by atoms with E-state index in [9.17, 15) is 19.2 Å². The Morgan fingerprint density at radius 3 is 2.02 bits per heavy atom. The van der Waals surface area contributed by atoms with Gasteiger partial charge in [-0.3, -0.25) is 19.2 Å². The van der Waals surface area contributed by atoms with Crippen molar-refractivity contribution in [3.63, 3.8) is 0 Å². The lowest BCUT2D eigenvalue weighted by Crippen LogP contribution is -2.15. The van der Waals surface area contributed by atoms with E-state index in [1.807, 2.05) is 85.0 Å². The van der Waals surface area contributed by atoms with Crippen molar-refractivity contribution in [2.24, 2.45) is 11.8 Å². The molecule has 230 valence electrons. The standard InChI is InChI=1S/C44H30O4/c45-24-28-21-25-17-18-26(22-38(25)42(46)36-15-7-3-11-31(28)36)29-9-1-4-12-32(29)33-13-5-2-10-30(33)27-19-20-35-39(23-27)43(47)37-16-8-6-14-34(37)40-41(35)44(40)48/h1-16,18-22,24-25,27,40-41H,17,23H2. The summed E-state index contributed by atoms with van der Waals surface area (Å²) >= 11 is 0. The van der Waals surface area contributed by atoms with Crippen molar-refractivity contribution in [1.29, 1.82) is 0 Å². The molecule has 4 aromatic rings. The van der Waals surface area contributed by atoms with Crippen LogP contribution in [0.25, 0.3) is 22.3 Å². The lowest BCUT2D eigenvalue weighted by atomic mass is 9.78. The summed E-state index contributed by atoms with van der Waals surface area (Å²) in [7, 11) is 0. The minimum atomic E-state index is -0.230. The first-order valence-corrected chi connectivity index (χ1v) is 16.5. The Morgan fingerprint density at radius 1 is 0.604 bits per heavy atom. The Hall–Kier alpha value is -5.74. The average Bonchev–Trinajstić information content (AvgIpc) is 3.86. The molecule has 0 saturated heterocycles. The maximum atomic E-state index is 14.0. The van der Waals surface area contributed by atoms with Crippen molar-refractivity contribution < 1.29 is 19.2 Å². The Labute approximate surface area is 278 Å². The molecule has 0 aromatic heterocycles. The average molecular weight is 623 g/mol. The highest BCUT2D eigenvalue weighted by Gasteiger charge is 2.55. The largest absolute Gasteiger partial charge is 0.298 e. The van der Waals surface area contributed by atoms with E-state index in [2.05, 4.69) is 36.4 Å². The summed E-state index contributed by atoms with van der Waals surface area (Å²) in [6, 6.07) is 31.5. The Bertz CT molecular complexity index is 2290. The number of benzene rings is 4. The molecule has 0 spiro atoms. The van der Waals surface area contributed by atoms with Crippen molar-refractivity contribution in [2.45, 2.75) is 24.7 Å². The number of allylic oxidation sites excluding steroid dienone is 10. The lowest BCUT2D eigenvalue weighted by molar-refractivity contribution is -0.111. The van der Waals surface area contributed by atoms with Crippen molar-refractivity contribution >= 4 is 34.8 Å². The van der Waals surface area contributed by atoms with Crippen molar-refractivity contribution in [1.82, 2.24) is 0 Å². The molecule has 0 N–H and O–H groups in total. The second kappa shape index (κ2) is 10.9. The van der Waals surface area contributed by atoms with Crippen LogP contribution in [0.2, 0.25) is 0 Å². The Balaban J connectivity index is 1.10. The number of rotatable bonds is 4. The molecule has 0 heterocycles. The number of ketones is 3.